The predicted octanol–water partition coefficient (Wildman–Crippen LogP) is 1.59. The van der Waals surface area contributed by atoms with E-state index in [0.29, 0.717) is 25.0 Å². The van der Waals surface area contributed by atoms with Crippen molar-refractivity contribution >= 4 is 17.5 Å². The van der Waals surface area contributed by atoms with Crippen LogP contribution >= 0.6 is 0 Å². The van der Waals surface area contributed by atoms with Gasteiger partial charge in [0.25, 0.3) is 0 Å². The fourth-order valence-corrected chi connectivity index (χ4v) is 1.97. The van der Waals surface area contributed by atoms with Crippen LogP contribution in [0, 0.1) is 6.92 Å². The molecule has 0 unspecified atom stereocenters. The molecule has 0 saturated heterocycles. The molecule has 0 aliphatic carbocycles. The van der Waals surface area contributed by atoms with Gasteiger partial charge >= 0.3 is 0 Å². The SMILES string of the molecule is Cc1cc(Nc2ccc3c(c2)OCCO3)nc(NN)n1. The van der Waals surface area contributed by atoms with Crippen molar-refractivity contribution in [2.45, 2.75) is 6.92 Å². The van der Waals surface area contributed by atoms with Gasteiger partial charge in [-0.15, -0.1) is 0 Å². The normalized spacial score (nSPS) is 12.9. The topological polar surface area (TPSA) is 94.3 Å². The highest BCUT2D eigenvalue weighted by molar-refractivity contribution is 5.62. The Kier molecular flexibility index (Phi) is 3.26. The van der Waals surface area contributed by atoms with Crippen molar-refractivity contribution in [2.24, 2.45) is 5.84 Å². The Hall–Kier alpha value is -2.54. The summed E-state index contributed by atoms with van der Waals surface area (Å²) in [7, 11) is 0. The molecule has 1 aromatic heterocycles. The van der Waals surface area contributed by atoms with Gasteiger partial charge in [-0.1, -0.05) is 0 Å². The second kappa shape index (κ2) is 5.22. The summed E-state index contributed by atoms with van der Waals surface area (Å²) in [5, 5.41) is 3.19. The Morgan fingerprint density at radius 2 is 1.90 bits per heavy atom. The van der Waals surface area contributed by atoms with E-state index in [9.17, 15) is 0 Å². The molecule has 7 heteroatoms. The van der Waals surface area contributed by atoms with Crippen molar-refractivity contribution in [2.75, 3.05) is 24.0 Å². The first-order valence-corrected chi connectivity index (χ1v) is 6.23. The number of hydrazine groups is 1. The van der Waals surface area contributed by atoms with Crippen LogP contribution in [-0.2, 0) is 0 Å². The van der Waals surface area contributed by atoms with Crippen LogP contribution in [-0.4, -0.2) is 23.2 Å². The molecule has 2 aromatic rings. The molecule has 7 nitrogen and oxygen atoms in total. The lowest BCUT2D eigenvalue weighted by Crippen LogP contribution is -2.15. The van der Waals surface area contributed by atoms with Crippen molar-refractivity contribution in [3.8, 4) is 11.5 Å². The zero-order valence-electron chi connectivity index (χ0n) is 11.0. The molecule has 1 aliphatic heterocycles. The van der Waals surface area contributed by atoms with Crippen molar-refractivity contribution in [1.29, 1.82) is 0 Å². The molecule has 0 fully saturated rings. The van der Waals surface area contributed by atoms with E-state index in [2.05, 4.69) is 20.7 Å². The van der Waals surface area contributed by atoms with Crippen LogP contribution in [0.5, 0.6) is 11.5 Å². The zero-order chi connectivity index (χ0) is 13.9. The molecule has 0 amide bonds. The van der Waals surface area contributed by atoms with Crippen LogP contribution in [0.3, 0.4) is 0 Å². The second-order valence-electron chi connectivity index (χ2n) is 4.35. The van der Waals surface area contributed by atoms with Crippen LogP contribution in [0.1, 0.15) is 5.69 Å². The lowest BCUT2D eigenvalue weighted by Gasteiger charge is -2.19. The highest BCUT2D eigenvalue weighted by atomic mass is 16.6. The number of nitrogens with one attached hydrogen (secondary N) is 2. The number of nitrogen functional groups attached to an aromatic ring is 1. The van der Waals surface area contributed by atoms with Crippen LogP contribution in [0.4, 0.5) is 17.5 Å². The lowest BCUT2D eigenvalue weighted by molar-refractivity contribution is 0.171. The average Bonchev–Trinajstić information content (AvgIpc) is 2.46. The monoisotopic (exact) mass is 273 g/mol. The maximum atomic E-state index is 5.54. The Morgan fingerprint density at radius 3 is 2.70 bits per heavy atom. The molecule has 104 valence electrons. The van der Waals surface area contributed by atoms with Crippen LogP contribution in [0.25, 0.3) is 0 Å². The second-order valence-corrected chi connectivity index (χ2v) is 4.35. The minimum Gasteiger partial charge on any atom is -0.486 e. The first-order valence-electron chi connectivity index (χ1n) is 6.23. The maximum Gasteiger partial charge on any atom is 0.239 e. The van der Waals surface area contributed by atoms with Gasteiger partial charge in [0.05, 0.1) is 0 Å². The van der Waals surface area contributed by atoms with Crippen LogP contribution < -0.4 is 26.1 Å². The van der Waals surface area contributed by atoms with Crippen molar-refractivity contribution < 1.29 is 9.47 Å². The fourth-order valence-electron chi connectivity index (χ4n) is 1.97. The van der Waals surface area contributed by atoms with Gasteiger partial charge in [-0.25, -0.2) is 10.8 Å². The number of hydrogen-bond donors (Lipinski definition) is 3. The van der Waals surface area contributed by atoms with Crippen LogP contribution in [0.15, 0.2) is 24.3 Å². The highest BCUT2D eigenvalue weighted by Gasteiger charge is 2.12. The Morgan fingerprint density at radius 1 is 1.10 bits per heavy atom. The number of aromatic nitrogens is 2. The molecule has 0 radical (unpaired) electrons. The summed E-state index contributed by atoms with van der Waals surface area (Å²) in [6.07, 6.45) is 0. The molecule has 2 heterocycles. The molecule has 4 N–H and O–H groups in total. The summed E-state index contributed by atoms with van der Waals surface area (Å²) in [6.45, 7) is 3.01. The van der Waals surface area contributed by atoms with E-state index < -0.39 is 0 Å². The summed E-state index contributed by atoms with van der Waals surface area (Å²) in [5.74, 6) is 7.83. The highest BCUT2D eigenvalue weighted by Crippen LogP contribution is 2.33. The molecule has 0 saturated carbocycles. The number of ether oxygens (including phenoxy) is 2. The number of hydrogen-bond acceptors (Lipinski definition) is 7. The van der Waals surface area contributed by atoms with Crippen molar-refractivity contribution in [1.82, 2.24) is 9.97 Å². The number of rotatable bonds is 3. The maximum absolute atomic E-state index is 5.54. The van der Waals surface area contributed by atoms with Gasteiger partial charge in [0, 0.05) is 23.5 Å². The third kappa shape index (κ3) is 2.57. The minimum atomic E-state index is 0.366. The number of nitrogens with zero attached hydrogens (tertiary/aromatic N) is 2. The summed E-state index contributed by atoms with van der Waals surface area (Å²) in [6, 6.07) is 7.48. The molecule has 0 bridgehead atoms. The van der Waals surface area contributed by atoms with E-state index in [0.717, 1.165) is 22.9 Å². The molecule has 3 rings (SSSR count). The van der Waals surface area contributed by atoms with Gasteiger partial charge in [0.2, 0.25) is 5.95 Å². The summed E-state index contributed by atoms with van der Waals surface area (Å²) in [5.41, 5.74) is 4.11. The van der Waals surface area contributed by atoms with Crippen LogP contribution in [0.2, 0.25) is 0 Å². The molecule has 1 aliphatic rings. The van der Waals surface area contributed by atoms with Crippen molar-refractivity contribution in [3.05, 3.63) is 30.0 Å². The molecule has 20 heavy (non-hydrogen) atoms. The van der Waals surface area contributed by atoms with Gasteiger partial charge in [-0.05, 0) is 19.1 Å². The van der Waals surface area contributed by atoms with E-state index in [4.69, 9.17) is 15.3 Å². The van der Waals surface area contributed by atoms with Gasteiger partial charge in [0.1, 0.15) is 19.0 Å². The smallest absolute Gasteiger partial charge is 0.239 e. The number of anilines is 3. The third-order valence-electron chi connectivity index (χ3n) is 2.80. The van der Waals surface area contributed by atoms with Gasteiger partial charge in [0.15, 0.2) is 11.5 Å². The fraction of sp³-hybridized carbons (Fsp3) is 0.231. The summed E-state index contributed by atoms with van der Waals surface area (Å²) >= 11 is 0. The molecule has 0 spiro atoms. The van der Waals surface area contributed by atoms with E-state index in [1.807, 2.05) is 31.2 Å². The van der Waals surface area contributed by atoms with Gasteiger partial charge < -0.3 is 14.8 Å². The van der Waals surface area contributed by atoms with E-state index in [-0.39, 0.29) is 0 Å². The quantitative estimate of drug-likeness (QED) is 0.577. The van der Waals surface area contributed by atoms with E-state index in [1.54, 1.807) is 0 Å². The first kappa shape index (κ1) is 12.5. The van der Waals surface area contributed by atoms with Gasteiger partial charge in [-0.3, -0.25) is 5.43 Å². The third-order valence-corrected chi connectivity index (χ3v) is 2.80. The molecule has 0 atom stereocenters. The Bertz CT molecular complexity index is 632. The molecular weight excluding hydrogens is 258 g/mol. The predicted molar refractivity (Wildman–Crippen MR) is 75.3 cm³/mol. The van der Waals surface area contributed by atoms with E-state index in [1.165, 1.54) is 0 Å². The summed E-state index contributed by atoms with van der Waals surface area (Å²) in [4.78, 5) is 8.36. The minimum absolute atomic E-state index is 0.366. The molecular formula is C13H15N5O2. The first-order chi connectivity index (χ1) is 9.74. The average molecular weight is 273 g/mol. The Balaban J connectivity index is 1.85. The summed E-state index contributed by atoms with van der Waals surface area (Å²) < 4.78 is 11.0. The Labute approximate surface area is 116 Å². The van der Waals surface area contributed by atoms with E-state index >= 15 is 0 Å². The standard InChI is InChI=1S/C13H15N5O2/c1-8-6-12(17-13(15-8)18-14)16-9-2-3-10-11(7-9)20-5-4-19-10/h2-3,6-7H,4-5,14H2,1H3,(H2,15,16,17,18). The van der Waals surface area contributed by atoms with Gasteiger partial charge in [-0.2, -0.15) is 4.98 Å². The number of fused-ring (bicyclic) bond motifs is 1. The zero-order valence-corrected chi connectivity index (χ0v) is 11.0. The largest absolute Gasteiger partial charge is 0.486 e. The number of nitrogens with two attached hydrogens (primary N) is 1. The number of benzene rings is 1. The van der Waals surface area contributed by atoms with Crippen molar-refractivity contribution in [3.63, 3.8) is 0 Å². The molecule has 1 aromatic carbocycles. The lowest BCUT2D eigenvalue weighted by atomic mass is 10.2. The number of aryl methyl sites for hydroxylation is 1.